The van der Waals surface area contributed by atoms with Crippen LogP contribution in [-0.2, 0) is 6.54 Å². The fourth-order valence-electron chi connectivity index (χ4n) is 2.16. The van der Waals surface area contributed by atoms with Crippen LogP contribution in [0, 0.1) is 0 Å². The Bertz CT molecular complexity index is 687. The van der Waals surface area contributed by atoms with Gasteiger partial charge in [0.2, 0.25) is 0 Å². The first-order valence-corrected chi connectivity index (χ1v) is 6.93. The molecule has 2 rings (SSSR count). The molecule has 0 radical (unpaired) electrons. The zero-order chi connectivity index (χ0) is 14.7. The van der Waals surface area contributed by atoms with E-state index in [-0.39, 0.29) is 16.9 Å². The molecule has 1 aromatic heterocycles. The van der Waals surface area contributed by atoms with E-state index in [1.165, 1.54) is 6.92 Å². The number of benzene rings is 1. The van der Waals surface area contributed by atoms with E-state index in [0.717, 1.165) is 17.7 Å². The van der Waals surface area contributed by atoms with Crippen molar-refractivity contribution in [1.29, 1.82) is 0 Å². The maximum absolute atomic E-state index is 12.4. The highest BCUT2D eigenvalue weighted by Crippen LogP contribution is 2.21. The van der Waals surface area contributed by atoms with Crippen LogP contribution in [0.25, 0.3) is 11.3 Å². The molecule has 0 aliphatic rings. The Labute approximate surface area is 122 Å². The van der Waals surface area contributed by atoms with Crippen LogP contribution in [0.15, 0.2) is 41.2 Å². The molecule has 0 bridgehead atoms. The van der Waals surface area contributed by atoms with Crippen LogP contribution in [0.2, 0.25) is 5.02 Å². The second-order valence-corrected chi connectivity index (χ2v) is 5.09. The third-order valence-electron chi connectivity index (χ3n) is 3.14. The Kier molecular flexibility index (Phi) is 4.40. The Hall–Kier alpha value is -1.87. The van der Waals surface area contributed by atoms with Gasteiger partial charge in [-0.25, -0.2) is 0 Å². The van der Waals surface area contributed by atoms with Gasteiger partial charge in [-0.05, 0) is 43.2 Å². The standard InChI is InChI=1S/C16H16ClNO2/c1-3-10-18-15(12-4-6-13(17)7-5-12)9-8-14(11(2)19)16(18)20/h4-9H,3,10H2,1-2H3. The molecule has 3 nitrogen and oxygen atoms in total. The number of rotatable bonds is 4. The van der Waals surface area contributed by atoms with E-state index in [4.69, 9.17) is 11.6 Å². The largest absolute Gasteiger partial charge is 0.308 e. The SMILES string of the molecule is CCCn1c(-c2ccc(Cl)cc2)ccc(C(C)=O)c1=O. The summed E-state index contributed by atoms with van der Waals surface area (Å²) in [5.74, 6) is -0.206. The summed E-state index contributed by atoms with van der Waals surface area (Å²) in [6, 6.07) is 10.7. The molecule has 2 aromatic rings. The topological polar surface area (TPSA) is 39.1 Å². The average molecular weight is 290 g/mol. The Morgan fingerprint density at radius 3 is 2.35 bits per heavy atom. The summed E-state index contributed by atoms with van der Waals surface area (Å²) < 4.78 is 1.65. The molecule has 0 atom stereocenters. The quantitative estimate of drug-likeness (QED) is 0.804. The molecule has 0 saturated carbocycles. The molecule has 4 heteroatoms. The maximum atomic E-state index is 12.4. The summed E-state index contributed by atoms with van der Waals surface area (Å²) in [6.07, 6.45) is 0.821. The normalized spacial score (nSPS) is 10.6. The zero-order valence-corrected chi connectivity index (χ0v) is 12.3. The summed E-state index contributed by atoms with van der Waals surface area (Å²) >= 11 is 5.88. The van der Waals surface area contributed by atoms with Gasteiger partial charge >= 0.3 is 0 Å². The molecule has 0 fully saturated rings. The summed E-state index contributed by atoms with van der Waals surface area (Å²) in [5, 5.41) is 0.651. The van der Waals surface area contributed by atoms with Gasteiger partial charge in [0.25, 0.3) is 5.56 Å². The first-order valence-electron chi connectivity index (χ1n) is 6.55. The molecular formula is C16H16ClNO2. The van der Waals surface area contributed by atoms with Crippen molar-refractivity contribution in [3.05, 3.63) is 57.3 Å². The molecule has 1 aromatic carbocycles. The maximum Gasteiger partial charge on any atom is 0.261 e. The van der Waals surface area contributed by atoms with E-state index >= 15 is 0 Å². The predicted octanol–water partition coefficient (Wildman–Crippen LogP) is 3.78. The first kappa shape index (κ1) is 14.5. The Morgan fingerprint density at radius 1 is 1.15 bits per heavy atom. The minimum absolute atomic E-state index is 0.206. The van der Waals surface area contributed by atoms with Crippen LogP contribution in [0.1, 0.15) is 30.6 Å². The number of halogens is 1. The van der Waals surface area contributed by atoms with Crippen molar-refractivity contribution in [2.24, 2.45) is 0 Å². The number of carbonyl (C=O) groups is 1. The van der Waals surface area contributed by atoms with Gasteiger partial charge in [0.15, 0.2) is 5.78 Å². The number of Topliss-reactive ketones (excluding diaryl/α,β-unsaturated/α-hetero) is 1. The van der Waals surface area contributed by atoms with Crippen LogP contribution >= 0.6 is 11.6 Å². The molecule has 0 saturated heterocycles. The van der Waals surface area contributed by atoms with E-state index in [2.05, 4.69) is 0 Å². The molecule has 0 unspecified atom stereocenters. The number of hydrogen-bond acceptors (Lipinski definition) is 2. The van der Waals surface area contributed by atoms with Crippen molar-refractivity contribution in [2.75, 3.05) is 0 Å². The predicted molar refractivity (Wildman–Crippen MR) is 81.4 cm³/mol. The van der Waals surface area contributed by atoms with Gasteiger partial charge in [0.05, 0.1) is 11.3 Å². The van der Waals surface area contributed by atoms with Gasteiger partial charge in [0.1, 0.15) is 0 Å². The number of carbonyl (C=O) groups excluding carboxylic acids is 1. The zero-order valence-electron chi connectivity index (χ0n) is 11.5. The molecule has 0 spiro atoms. The van der Waals surface area contributed by atoms with Crippen molar-refractivity contribution in [2.45, 2.75) is 26.8 Å². The lowest BCUT2D eigenvalue weighted by Crippen LogP contribution is -2.26. The van der Waals surface area contributed by atoms with E-state index in [1.807, 2.05) is 25.1 Å². The van der Waals surface area contributed by atoms with Gasteiger partial charge in [-0.2, -0.15) is 0 Å². The van der Waals surface area contributed by atoms with E-state index < -0.39 is 0 Å². The monoisotopic (exact) mass is 289 g/mol. The van der Waals surface area contributed by atoms with Crippen molar-refractivity contribution in [1.82, 2.24) is 4.57 Å². The molecule has 104 valence electrons. The van der Waals surface area contributed by atoms with Gasteiger partial charge in [-0.3, -0.25) is 9.59 Å². The first-order chi connectivity index (χ1) is 9.54. The fourth-order valence-corrected chi connectivity index (χ4v) is 2.29. The minimum atomic E-state index is -0.230. The summed E-state index contributed by atoms with van der Waals surface area (Å²) in [4.78, 5) is 23.9. The van der Waals surface area contributed by atoms with E-state index in [9.17, 15) is 9.59 Å². The highest BCUT2D eigenvalue weighted by molar-refractivity contribution is 6.30. The molecular weight excluding hydrogens is 274 g/mol. The van der Waals surface area contributed by atoms with Crippen LogP contribution in [-0.4, -0.2) is 10.4 Å². The van der Waals surface area contributed by atoms with Crippen LogP contribution in [0.3, 0.4) is 0 Å². The van der Waals surface area contributed by atoms with Gasteiger partial charge < -0.3 is 4.57 Å². The number of hydrogen-bond donors (Lipinski definition) is 0. The number of ketones is 1. The summed E-state index contributed by atoms with van der Waals surface area (Å²) in [6.45, 7) is 3.99. The second kappa shape index (κ2) is 6.06. The molecule has 20 heavy (non-hydrogen) atoms. The minimum Gasteiger partial charge on any atom is -0.308 e. The molecule has 0 aliphatic carbocycles. The highest BCUT2D eigenvalue weighted by atomic mass is 35.5. The van der Waals surface area contributed by atoms with E-state index in [1.54, 1.807) is 22.8 Å². The highest BCUT2D eigenvalue weighted by Gasteiger charge is 2.12. The van der Waals surface area contributed by atoms with Crippen LogP contribution in [0.4, 0.5) is 0 Å². The van der Waals surface area contributed by atoms with E-state index in [0.29, 0.717) is 11.6 Å². The number of nitrogens with zero attached hydrogens (tertiary/aromatic N) is 1. The van der Waals surface area contributed by atoms with Crippen molar-refractivity contribution < 1.29 is 4.79 Å². The number of pyridine rings is 1. The van der Waals surface area contributed by atoms with Crippen molar-refractivity contribution in [3.63, 3.8) is 0 Å². The molecule has 0 N–H and O–H groups in total. The number of aromatic nitrogens is 1. The smallest absolute Gasteiger partial charge is 0.261 e. The molecule has 1 heterocycles. The molecule has 0 amide bonds. The van der Waals surface area contributed by atoms with Gasteiger partial charge in [-0.1, -0.05) is 30.7 Å². The Balaban J connectivity index is 2.64. The van der Waals surface area contributed by atoms with Crippen LogP contribution < -0.4 is 5.56 Å². The van der Waals surface area contributed by atoms with Crippen LogP contribution in [0.5, 0.6) is 0 Å². The van der Waals surface area contributed by atoms with Gasteiger partial charge in [-0.15, -0.1) is 0 Å². The van der Waals surface area contributed by atoms with Crippen molar-refractivity contribution >= 4 is 17.4 Å². The molecule has 0 aliphatic heterocycles. The summed E-state index contributed by atoms with van der Waals surface area (Å²) in [5.41, 5.74) is 1.72. The average Bonchev–Trinajstić information content (AvgIpc) is 2.42. The Morgan fingerprint density at radius 2 is 1.80 bits per heavy atom. The third-order valence-corrected chi connectivity index (χ3v) is 3.39. The lowest BCUT2D eigenvalue weighted by atomic mass is 10.1. The fraction of sp³-hybridized carbons (Fsp3) is 0.250. The second-order valence-electron chi connectivity index (χ2n) is 4.65. The summed E-state index contributed by atoms with van der Waals surface area (Å²) in [7, 11) is 0. The van der Waals surface area contributed by atoms with Crippen molar-refractivity contribution in [3.8, 4) is 11.3 Å². The third kappa shape index (κ3) is 2.83. The lowest BCUT2D eigenvalue weighted by molar-refractivity contribution is 0.101. The lowest BCUT2D eigenvalue weighted by Gasteiger charge is -2.13. The van der Waals surface area contributed by atoms with Gasteiger partial charge in [0, 0.05) is 11.6 Å².